The molecule has 0 aromatic carbocycles. The fraction of sp³-hybridized carbons (Fsp3) is 0.875. The molecule has 4 heteroatoms. The largest absolute Gasteiger partial charge is 0.341 e. The van der Waals surface area contributed by atoms with Gasteiger partial charge in [-0.3, -0.25) is 0 Å². The molecule has 0 aromatic heterocycles. The van der Waals surface area contributed by atoms with E-state index in [2.05, 4.69) is 29.4 Å². The van der Waals surface area contributed by atoms with E-state index in [0.29, 0.717) is 6.54 Å². The van der Waals surface area contributed by atoms with Gasteiger partial charge in [0.1, 0.15) is 0 Å². The van der Waals surface area contributed by atoms with Crippen LogP contribution in [0.1, 0.15) is 13.8 Å². The lowest BCUT2D eigenvalue weighted by Gasteiger charge is -2.32. The second-order valence-corrected chi connectivity index (χ2v) is 3.64. The summed E-state index contributed by atoms with van der Waals surface area (Å²) in [5, 5.41) is 5.27. The minimum Gasteiger partial charge on any atom is -0.341 e. The maximum absolute atomic E-state index is 10.8. The van der Waals surface area contributed by atoms with E-state index in [1.807, 2.05) is 14.1 Å². The van der Waals surface area contributed by atoms with Gasteiger partial charge in [-0.05, 0) is 27.9 Å². The standard InChI is InChI=1S/C8H19N3O/c1-8(2,11(4)5)6-10-7(12)9-3/h6H2,1-5H3,(H2,9,10,12). The van der Waals surface area contributed by atoms with Crippen molar-refractivity contribution in [3.05, 3.63) is 0 Å². The molecule has 0 unspecified atom stereocenters. The number of carbonyl (C=O) groups is 1. The number of hydrogen-bond acceptors (Lipinski definition) is 2. The first-order chi connectivity index (χ1) is 5.40. The summed E-state index contributed by atoms with van der Waals surface area (Å²) in [6, 6.07) is -0.134. The second kappa shape index (κ2) is 4.30. The van der Waals surface area contributed by atoms with Crippen LogP contribution in [0, 0.1) is 0 Å². The molecule has 0 fully saturated rings. The van der Waals surface area contributed by atoms with E-state index in [1.54, 1.807) is 7.05 Å². The normalized spacial score (nSPS) is 11.5. The third-order valence-electron chi connectivity index (χ3n) is 2.12. The van der Waals surface area contributed by atoms with E-state index >= 15 is 0 Å². The number of nitrogens with zero attached hydrogens (tertiary/aromatic N) is 1. The Morgan fingerprint density at radius 2 is 1.92 bits per heavy atom. The number of urea groups is 1. The van der Waals surface area contributed by atoms with Crippen molar-refractivity contribution in [3.8, 4) is 0 Å². The predicted octanol–water partition coefficient (Wildman–Crippen LogP) is 0.256. The van der Waals surface area contributed by atoms with Crippen LogP contribution in [0.25, 0.3) is 0 Å². The highest BCUT2D eigenvalue weighted by Crippen LogP contribution is 2.07. The lowest BCUT2D eigenvalue weighted by atomic mass is 10.1. The van der Waals surface area contributed by atoms with E-state index in [0.717, 1.165) is 0 Å². The molecule has 4 nitrogen and oxygen atoms in total. The Labute approximate surface area is 74.3 Å². The predicted molar refractivity (Wildman–Crippen MR) is 50.2 cm³/mol. The van der Waals surface area contributed by atoms with Crippen molar-refractivity contribution in [2.24, 2.45) is 0 Å². The van der Waals surface area contributed by atoms with Crippen LogP contribution < -0.4 is 10.6 Å². The number of rotatable bonds is 3. The molecular weight excluding hydrogens is 154 g/mol. The van der Waals surface area contributed by atoms with Gasteiger partial charge >= 0.3 is 6.03 Å². The molecule has 0 atom stereocenters. The number of likely N-dealkylation sites (N-methyl/N-ethyl adjacent to an activating group) is 1. The first-order valence-corrected chi connectivity index (χ1v) is 4.03. The molecular formula is C8H19N3O. The van der Waals surface area contributed by atoms with Gasteiger partial charge in [-0.25, -0.2) is 4.79 Å². The molecule has 0 spiro atoms. The van der Waals surface area contributed by atoms with E-state index < -0.39 is 0 Å². The average molecular weight is 173 g/mol. The highest BCUT2D eigenvalue weighted by Gasteiger charge is 2.20. The van der Waals surface area contributed by atoms with Crippen molar-refractivity contribution in [1.29, 1.82) is 0 Å². The van der Waals surface area contributed by atoms with Crippen LogP contribution in [0.5, 0.6) is 0 Å². The van der Waals surface area contributed by atoms with Gasteiger partial charge in [0.05, 0.1) is 0 Å². The maximum Gasteiger partial charge on any atom is 0.314 e. The Balaban J connectivity index is 3.83. The maximum atomic E-state index is 10.8. The van der Waals surface area contributed by atoms with Gasteiger partial charge in [-0.1, -0.05) is 0 Å². The van der Waals surface area contributed by atoms with Crippen LogP contribution in [-0.2, 0) is 0 Å². The van der Waals surface area contributed by atoms with Gasteiger partial charge < -0.3 is 15.5 Å². The summed E-state index contributed by atoms with van der Waals surface area (Å²) >= 11 is 0. The zero-order valence-electron chi connectivity index (χ0n) is 8.56. The lowest BCUT2D eigenvalue weighted by Crippen LogP contribution is -2.49. The Bertz CT molecular complexity index is 154. The van der Waals surface area contributed by atoms with E-state index in [9.17, 15) is 4.79 Å². The smallest absolute Gasteiger partial charge is 0.314 e. The van der Waals surface area contributed by atoms with Gasteiger partial charge in [-0.2, -0.15) is 0 Å². The molecule has 0 saturated carbocycles. The Morgan fingerprint density at radius 1 is 1.42 bits per heavy atom. The molecule has 0 rings (SSSR count). The second-order valence-electron chi connectivity index (χ2n) is 3.64. The van der Waals surface area contributed by atoms with Gasteiger partial charge in [-0.15, -0.1) is 0 Å². The minimum absolute atomic E-state index is 0.00743. The van der Waals surface area contributed by atoms with Gasteiger partial charge in [0, 0.05) is 19.1 Å². The lowest BCUT2D eigenvalue weighted by molar-refractivity contribution is 0.187. The molecule has 0 saturated heterocycles. The number of hydrogen-bond donors (Lipinski definition) is 2. The fourth-order valence-electron chi connectivity index (χ4n) is 0.543. The van der Waals surface area contributed by atoms with Crippen LogP contribution in [0.4, 0.5) is 4.79 Å². The third-order valence-corrected chi connectivity index (χ3v) is 2.12. The summed E-state index contributed by atoms with van der Waals surface area (Å²) in [5.41, 5.74) is -0.00743. The van der Waals surface area contributed by atoms with E-state index in [4.69, 9.17) is 0 Å². The van der Waals surface area contributed by atoms with Crippen molar-refractivity contribution in [2.75, 3.05) is 27.7 Å². The van der Waals surface area contributed by atoms with Crippen LogP contribution in [-0.4, -0.2) is 44.2 Å². The van der Waals surface area contributed by atoms with Gasteiger partial charge in [0.2, 0.25) is 0 Å². The molecule has 12 heavy (non-hydrogen) atoms. The van der Waals surface area contributed by atoms with Gasteiger partial charge in [0.25, 0.3) is 0 Å². The highest BCUT2D eigenvalue weighted by molar-refractivity contribution is 5.73. The Hall–Kier alpha value is -0.770. The highest BCUT2D eigenvalue weighted by atomic mass is 16.2. The molecule has 72 valence electrons. The SMILES string of the molecule is CNC(=O)NCC(C)(C)N(C)C. The van der Waals surface area contributed by atoms with Crippen LogP contribution in [0.2, 0.25) is 0 Å². The Kier molecular flexibility index (Phi) is 4.03. The number of amides is 2. The molecule has 2 N–H and O–H groups in total. The van der Waals surface area contributed by atoms with Crippen molar-refractivity contribution in [3.63, 3.8) is 0 Å². The molecule has 0 aromatic rings. The molecule has 0 radical (unpaired) electrons. The minimum atomic E-state index is -0.134. The van der Waals surface area contributed by atoms with Crippen molar-refractivity contribution >= 4 is 6.03 Å². The quantitative estimate of drug-likeness (QED) is 0.643. The first kappa shape index (κ1) is 11.2. The molecule has 0 aliphatic rings. The first-order valence-electron chi connectivity index (χ1n) is 4.03. The van der Waals surface area contributed by atoms with Crippen molar-refractivity contribution < 1.29 is 4.79 Å². The van der Waals surface area contributed by atoms with Crippen molar-refractivity contribution in [2.45, 2.75) is 19.4 Å². The van der Waals surface area contributed by atoms with Crippen LogP contribution in [0.3, 0.4) is 0 Å². The zero-order valence-corrected chi connectivity index (χ0v) is 8.56. The van der Waals surface area contributed by atoms with E-state index in [-0.39, 0.29) is 11.6 Å². The summed E-state index contributed by atoms with van der Waals surface area (Å²) in [6.45, 7) is 4.78. The zero-order chi connectivity index (χ0) is 9.78. The fourth-order valence-corrected chi connectivity index (χ4v) is 0.543. The summed E-state index contributed by atoms with van der Waals surface area (Å²) < 4.78 is 0. The monoisotopic (exact) mass is 173 g/mol. The Morgan fingerprint density at radius 3 is 2.25 bits per heavy atom. The molecule has 2 amide bonds. The van der Waals surface area contributed by atoms with Crippen LogP contribution in [0.15, 0.2) is 0 Å². The third kappa shape index (κ3) is 3.57. The van der Waals surface area contributed by atoms with E-state index in [1.165, 1.54) is 0 Å². The topological polar surface area (TPSA) is 44.4 Å². The average Bonchev–Trinajstić information content (AvgIpc) is 2.00. The molecule has 0 heterocycles. The number of carbonyl (C=O) groups excluding carboxylic acids is 1. The summed E-state index contributed by atoms with van der Waals surface area (Å²) in [4.78, 5) is 12.9. The molecule has 0 aliphatic heterocycles. The van der Waals surface area contributed by atoms with Gasteiger partial charge in [0.15, 0.2) is 0 Å². The number of nitrogens with one attached hydrogen (secondary N) is 2. The van der Waals surface area contributed by atoms with Crippen molar-refractivity contribution in [1.82, 2.24) is 15.5 Å². The molecule has 0 bridgehead atoms. The summed E-state index contributed by atoms with van der Waals surface area (Å²) in [5.74, 6) is 0. The summed E-state index contributed by atoms with van der Waals surface area (Å²) in [7, 11) is 5.59. The molecule has 0 aliphatic carbocycles. The van der Waals surface area contributed by atoms with Crippen LogP contribution >= 0.6 is 0 Å². The summed E-state index contributed by atoms with van der Waals surface area (Å²) in [6.07, 6.45) is 0.